The Balaban J connectivity index is -0.000000361. The quantitative estimate of drug-likeness (QED) is 0.519. The molecule has 0 radical (unpaired) electrons. The third kappa shape index (κ3) is 17.4. The second-order valence-electron chi connectivity index (χ2n) is 3.68. The number of nitrogens with zero attached hydrogens (tertiary/aromatic N) is 1. The molecule has 1 aromatic rings. The Labute approximate surface area is 171 Å². The first-order valence-electron chi connectivity index (χ1n) is 5.85. The summed E-state index contributed by atoms with van der Waals surface area (Å²) in [4.78, 5) is 2.42. The fourth-order valence-corrected chi connectivity index (χ4v) is 1.46. The number of hydrogen-bond donors (Lipinski definition) is 0. The van der Waals surface area contributed by atoms with Crippen molar-refractivity contribution in [2.24, 2.45) is 0 Å². The fraction of sp³-hybridized carbons (Fsp3) is 0.500. The Bertz CT molecular complexity index is 408. The summed E-state index contributed by atoms with van der Waals surface area (Å²) < 4.78 is 26.7. The third-order valence-corrected chi connectivity index (χ3v) is 2.28. The second-order valence-corrected chi connectivity index (χ2v) is 5.72. The molecule has 0 aliphatic rings. The summed E-state index contributed by atoms with van der Waals surface area (Å²) in [5.41, 5.74) is 1.35. The van der Waals surface area contributed by atoms with Crippen LogP contribution in [0.25, 0.3) is 0 Å². The van der Waals surface area contributed by atoms with Crippen LogP contribution in [0.5, 0.6) is 0 Å². The van der Waals surface area contributed by atoms with Gasteiger partial charge < -0.3 is 14.0 Å². The first-order valence-corrected chi connectivity index (χ1v) is 8.18. The smallest absolute Gasteiger partial charge is 0.780 e. The van der Waals surface area contributed by atoms with Crippen LogP contribution in [0.1, 0.15) is 26.7 Å². The van der Waals surface area contributed by atoms with Crippen LogP contribution in [0.2, 0.25) is 0 Å². The van der Waals surface area contributed by atoms with Gasteiger partial charge in [0.1, 0.15) is 0 Å². The van der Waals surface area contributed by atoms with Crippen LogP contribution >= 0.6 is 0 Å². The van der Waals surface area contributed by atoms with Gasteiger partial charge in [-0.25, -0.2) is 0 Å². The summed E-state index contributed by atoms with van der Waals surface area (Å²) in [6.45, 7) is 6.72. The zero-order chi connectivity index (χ0) is 14.0. The van der Waals surface area contributed by atoms with Crippen molar-refractivity contribution in [3.05, 3.63) is 30.3 Å². The van der Waals surface area contributed by atoms with E-state index in [4.69, 9.17) is 13.3 Å². The minimum Gasteiger partial charge on any atom is -0.780 e. The summed E-state index contributed by atoms with van der Waals surface area (Å²) in [6.07, 6.45) is 2.55. The molecule has 4 nitrogen and oxygen atoms in total. The van der Waals surface area contributed by atoms with E-state index in [0.29, 0.717) is 0 Å². The summed E-state index contributed by atoms with van der Waals surface area (Å²) in [6, 6.07) is 10.6. The van der Waals surface area contributed by atoms with Crippen LogP contribution in [0, 0.1) is 0 Å². The molecule has 0 fully saturated rings. The van der Waals surface area contributed by atoms with Gasteiger partial charge in [0, 0.05) is 18.8 Å². The van der Waals surface area contributed by atoms with E-state index in [1.54, 1.807) is 0 Å². The maximum Gasteiger partial charge on any atom is 1.00 e. The number of benzene rings is 1. The molecule has 104 valence electrons. The van der Waals surface area contributed by atoms with Crippen molar-refractivity contribution < 1.29 is 72.4 Å². The number of unbranched alkanes of at least 4 members (excludes halogenated alkanes) is 1. The van der Waals surface area contributed by atoms with Gasteiger partial charge in [-0.1, -0.05) is 31.5 Å². The summed E-state index contributed by atoms with van der Waals surface area (Å²) in [5, 5.41) is 0. The van der Waals surface area contributed by atoms with E-state index in [1.165, 1.54) is 25.1 Å². The minimum atomic E-state index is -4.33. The van der Waals surface area contributed by atoms with Crippen molar-refractivity contribution in [2.75, 3.05) is 18.0 Å². The summed E-state index contributed by atoms with van der Waals surface area (Å²) in [7, 11) is -4.33. The Hall–Kier alpha value is 1.31. The monoisotopic (exact) mass is 335 g/mol. The molecule has 0 saturated carbocycles. The molecule has 0 saturated heterocycles. The molecule has 0 spiro atoms. The van der Waals surface area contributed by atoms with E-state index in [9.17, 15) is 0 Å². The Morgan fingerprint density at radius 1 is 1.15 bits per heavy atom. The normalized spacial score (nSPS) is 9.40. The van der Waals surface area contributed by atoms with Gasteiger partial charge in [0.2, 0.25) is 0 Å². The fourth-order valence-electron chi connectivity index (χ4n) is 1.46. The number of anilines is 1. The second kappa shape index (κ2) is 15.2. The molecule has 1 aromatic carbocycles. The van der Waals surface area contributed by atoms with Gasteiger partial charge in [-0.15, -0.1) is 9.05 Å². The number of hydrogen-bond acceptors (Lipinski definition) is 5. The molecule has 0 heterocycles. The summed E-state index contributed by atoms with van der Waals surface area (Å²) in [5.74, 6) is 0. The predicted molar refractivity (Wildman–Crippen MR) is 76.3 cm³/mol. The Kier molecular flexibility index (Phi) is 19.9. The van der Waals surface area contributed by atoms with Crippen LogP contribution in [0.15, 0.2) is 30.3 Å². The van der Waals surface area contributed by atoms with Crippen LogP contribution in [0.3, 0.4) is 0 Å². The van der Waals surface area contributed by atoms with Crippen LogP contribution in [0.4, 0.5) is 5.69 Å². The van der Waals surface area contributed by atoms with E-state index >= 15 is 0 Å². The Morgan fingerprint density at radius 2 is 1.60 bits per heavy atom. The van der Waals surface area contributed by atoms with Crippen LogP contribution < -0.4 is 64.0 Å². The maximum absolute atomic E-state index is 8.89. The van der Waals surface area contributed by atoms with E-state index in [1.807, 2.05) is 0 Å². The van der Waals surface area contributed by atoms with E-state index in [2.05, 4.69) is 60.3 Å². The van der Waals surface area contributed by atoms with Crippen LogP contribution in [-0.4, -0.2) is 26.4 Å². The maximum atomic E-state index is 8.89. The number of para-hydroxylation sites is 1. The van der Waals surface area contributed by atoms with Gasteiger partial charge in [0.25, 0.3) is 0 Å². The zero-order valence-corrected chi connectivity index (χ0v) is 18.3. The van der Waals surface area contributed by atoms with Gasteiger partial charge in [0.05, 0.1) is 0 Å². The van der Waals surface area contributed by atoms with Gasteiger partial charge in [-0.2, -0.15) is 0 Å². The molecule has 8 heteroatoms. The topological polar surface area (TPSA) is 66.4 Å². The molecular formula is C12H19NNa2O3S2. The van der Waals surface area contributed by atoms with Crippen LogP contribution in [-0.2, 0) is 20.2 Å². The first-order chi connectivity index (χ1) is 8.38. The number of rotatable bonds is 5. The molecule has 0 N–H and O–H groups in total. The average molecular weight is 335 g/mol. The van der Waals surface area contributed by atoms with Crippen molar-refractivity contribution in [2.45, 2.75) is 26.7 Å². The molecule has 0 aromatic heterocycles. The third-order valence-electron chi connectivity index (χ3n) is 2.28. The molecule has 0 amide bonds. The first kappa shape index (κ1) is 26.2. The molecule has 0 aliphatic heterocycles. The zero-order valence-electron chi connectivity index (χ0n) is 12.7. The molecule has 20 heavy (non-hydrogen) atoms. The van der Waals surface area contributed by atoms with Crippen molar-refractivity contribution in [3.8, 4) is 0 Å². The minimum absolute atomic E-state index is 0. The molecule has 1 rings (SSSR count). The predicted octanol–water partition coefficient (Wildman–Crippen LogP) is -3.69. The van der Waals surface area contributed by atoms with Crippen molar-refractivity contribution in [1.29, 1.82) is 0 Å². The average Bonchev–Trinajstić information content (AvgIpc) is 2.29. The Morgan fingerprint density at radius 3 is 1.95 bits per heavy atom. The summed E-state index contributed by atoms with van der Waals surface area (Å²) >= 11 is 3.24. The van der Waals surface area contributed by atoms with Gasteiger partial charge >= 0.3 is 59.1 Å². The molecular weight excluding hydrogens is 316 g/mol. The van der Waals surface area contributed by atoms with Crippen molar-refractivity contribution in [1.82, 2.24) is 0 Å². The molecule has 0 bridgehead atoms. The molecule has 0 unspecified atom stereocenters. The largest absolute Gasteiger partial charge is 1.00 e. The molecule has 0 aliphatic carbocycles. The van der Waals surface area contributed by atoms with Crippen molar-refractivity contribution >= 4 is 25.9 Å². The van der Waals surface area contributed by atoms with Gasteiger partial charge in [-0.05, 0) is 36.7 Å². The van der Waals surface area contributed by atoms with Gasteiger partial charge in [0.15, 0.2) is 0 Å². The SMILES string of the molecule is CCCCN(CC)c1ccccc1.O=S([O-])([O-])=S.[Na+].[Na+]. The van der Waals surface area contributed by atoms with E-state index in [-0.39, 0.29) is 59.1 Å². The van der Waals surface area contributed by atoms with Crippen molar-refractivity contribution in [3.63, 3.8) is 0 Å². The standard InChI is InChI=1S/C12H19N.2Na.H2O3S2/c1-3-5-11-13(4-2)12-9-7-6-8-10-12;;;1-5(2,3)4/h6-10H,3-5,11H2,1-2H3;;;(H2,1,2,3,4)/q;2*+1;/p-2. The van der Waals surface area contributed by atoms with Gasteiger partial charge in [-0.3, -0.25) is 4.21 Å². The van der Waals surface area contributed by atoms with E-state index in [0.717, 1.165) is 6.54 Å². The van der Waals surface area contributed by atoms with E-state index < -0.39 is 9.05 Å². The molecule has 0 atom stereocenters.